The quantitative estimate of drug-likeness (QED) is 0.148. The highest BCUT2D eigenvalue weighted by Crippen LogP contribution is 2.45. The highest BCUT2D eigenvalue weighted by atomic mass is 16.3. The lowest BCUT2D eigenvalue weighted by Crippen LogP contribution is -2.31. The Morgan fingerprint density at radius 1 is 0.218 bits per heavy atom. The molecule has 10 heterocycles. The van der Waals surface area contributed by atoms with Crippen LogP contribution in [0.2, 0.25) is 0 Å². The maximum absolute atomic E-state index is 6.34. The van der Waals surface area contributed by atoms with Crippen LogP contribution in [-0.2, 0) is 35.2 Å². The Morgan fingerprint density at radius 2 is 0.513 bits per heavy atom. The van der Waals surface area contributed by atoms with E-state index in [2.05, 4.69) is 364 Å². The number of benzene rings is 10. The highest BCUT2D eigenvalue weighted by molar-refractivity contribution is 6.15. The summed E-state index contributed by atoms with van der Waals surface area (Å²) in [7, 11) is 10.5. The van der Waals surface area contributed by atoms with Crippen molar-refractivity contribution in [2.45, 2.75) is 130 Å². The highest BCUT2D eigenvalue weighted by Gasteiger charge is 2.29. The van der Waals surface area contributed by atoms with Gasteiger partial charge in [0.25, 0.3) is 0 Å². The molecule has 0 fully saturated rings. The first-order valence-corrected chi connectivity index (χ1v) is 41.6. The molecular weight excluding hydrogens is 1460 g/mol. The molecule has 10 aromatic heterocycles. The fourth-order valence-electron chi connectivity index (χ4n) is 17.8. The van der Waals surface area contributed by atoms with Gasteiger partial charge in [-0.1, -0.05) is 161 Å². The summed E-state index contributed by atoms with van der Waals surface area (Å²) in [6.07, 6.45) is 10.8. The zero-order valence-electron chi connectivity index (χ0n) is 73.0. The summed E-state index contributed by atoms with van der Waals surface area (Å²) in [6.45, 7) is 37.0. The Hall–Kier alpha value is -13.1. The van der Waals surface area contributed by atoms with Gasteiger partial charge in [-0.25, -0.2) is 22.8 Å². The van der Waals surface area contributed by atoms with Crippen LogP contribution in [0.1, 0.15) is 123 Å². The summed E-state index contributed by atoms with van der Waals surface area (Å²) in [5.41, 5.74) is 40.7. The number of hydrogen-bond acceptors (Lipinski definition) is 5. The predicted molar refractivity (Wildman–Crippen MR) is 491 cm³/mol. The molecule has 0 amide bonds. The van der Waals surface area contributed by atoms with Crippen molar-refractivity contribution >= 4 is 110 Å². The van der Waals surface area contributed by atoms with Gasteiger partial charge in [0.1, 0.15) is 91.1 Å². The molecule has 10 heteroatoms. The Kier molecular flexibility index (Phi) is 21.5. The molecule has 20 aromatic rings. The fraction of sp³-hybridized carbons (Fsp3) is 0.220. The number of nitrogens with zero attached hydrogens (tertiary/aromatic N) is 5. The minimum absolute atomic E-state index is 0.497. The van der Waals surface area contributed by atoms with Gasteiger partial charge in [-0.15, -0.1) is 0 Å². The van der Waals surface area contributed by atoms with Crippen LogP contribution < -0.4 is 22.8 Å². The third-order valence-corrected chi connectivity index (χ3v) is 24.4. The Morgan fingerprint density at radius 3 is 0.857 bits per heavy atom. The predicted octanol–water partition coefficient (Wildman–Crippen LogP) is 26.6. The van der Waals surface area contributed by atoms with Gasteiger partial charge >= 0.3 is 0 Å². The van der Waals surface area contributed by atoms with Crippen LogP contribution in [0.15, 0.2) is 265 Å². The Balaban J connectivity index is 0.000000111. The van der Waals surface area contributed by atoms with Crippen molar-refractivity contribution in [2.75, 3.05) is 0 Å². The average Bonchev–Trinajstić information content (AvgIpc) is 1.63. The second-order valence-corrected chi connectivity index (χ2v) is 33.7. The van der Waals surface area contributed by atoms with Gasteiger partial charge in [0.05, 0.1) is 27.8 Å². The molecule has 0 N–H and O–H groups in total. The molecule has 0 atom stereocenters. The van der Waals surface area contributed by atoms with Gasteiger partial charge in [0.15, 0.2) is 31.0 Å². The maximum atomic E-state index is 6.34. The Labute approximate surface area is 698 Å². The van der Waals surface area contributed by atoms with E-state index in [-0.39, 0.29) is 0 Å². The summed E-state index contributed by atoms with van der Waals surface area (Å²) in [4.78, 5) is 0. The molecule has 10 aromatic carbocycles. The van der Waals surface area contributed by atoms with E-state index >= 15 is 0 Å². The lowest BCUT2D eigenvalue weighted by Gasteiger charge is -2.10. The molecular formula is C109H108N5O5+5. The van der Waals surface area contributed by atoms with E-state index in [1.807, 2.05) is 54.6 Å². The van der Waals surface area contributed by atoms with E-state index < -0.39 is 0 Å². The number of aromatic nitrogens is 5. The van der Waals surface area contributed by atoms with Crippen LogP contribution in [0.25, 0.3) is 166 Å². The van der Waals surface area contributed by atoms with Gasteiger partial charge in [-0.05, 0) is 205 Å². The number of aryl methyl sites for hydroxylation is 18. The van der Waals surface area contributed by atoms with E-state index in [0.717, 1.165) is 55.8 Å². The standard InChI is InChI=1S/C23H24NO.2C22H22NO.2C21H20NO/c1-14(2)17-10-11-24(5)19(13-17)22-16(4)12-15(3)21-18-8-6-7-9-20(18)25-23(21)22;1-13-11-18(23(5)12-16(13)4)21-15(3)10-14(2)20-17-8-6-7-9-19(17)24-22(20)21;1-14(2)16-11-12-23(4)19(13-16)21-15(3)9-10-18-17-7-5-6-8-20(17)24-22(18)21;1-13-9-10-17-16-7-5-6-8-19(16)23-21(17)20(13)18-11-14(2)15(3)12-22(18)4;1-13-9-10-17(22(4)12-13)20-15(3)11-14(2)19-16-7-5-6-8-18(16)23-21(19)20/h6-14H,1-5H3;6-12H,1-5H3;5-14H,1-4H3;2*5-12H,1-4H3/q5*+1. The summed E-state index contributed by atoms with van der Waals surface area (Å²) in [5.74, 6) is 0.997. The van der Waals surface area contributed by atoms with E-state index in [9.17, 15) is 0 Å². The van der Waals surface area contributed by atoms with E-state index in [1.54, 1.807) is 0 Å². The molecule has 0 aliphatic rings. The zero-order chi connectivity index (χ0) is 83.8. The lowest BCUT2D eigenvalue weighted by atomic mass is 9.95. The lowest BCUT2D eigenvalue weighted by molar-refractivity contribution is -0.660. The van der Waals surface area contributed by atoms with Crippen LogP contribution in [-0.4, -0.2) is 0 Å². The summed E-state index contributed by atoms with van der Waals surface area (Å²) in [6, 6.07) is 74.8. The Bertz CT molecular complexity index is 7410. The molecule has 0 aliphatic heterocycles. The van der Waals surface area contributed by atoms with Gasteiger partial charge < -0.3 is 22.1 Å². The molecule has 0 bridgehead atoms. The number of furan rings is 5. The van der Waals surface area contributed by atoms with Crippen LogP contribution in [0.5, 0.6) is 0 Å². The number of pyridine rings is 5. The first-order chi connectivity index (χ1) is 57.1. The summed E-state index contributed by atoms with van der Waals surface area (Å²) >= 11 is 0. The van der Waals surface area contributed by atoms with E-state index in [4.69, 9.17) is 22.1 Å². The zero-order valence-corrected chi connectivity index (χ0v) is 73.0. The second kappa shape index (κ2) is 32.1. The molecule has 0 spiro atoms. The van der Waals surface area contributed by atoms with E-state index in [1.165, 1.54) is 194 Å². The average molecular weight is 1570 g/mol. The van der Waals surface area contributed by atoms with Crippen molar-refractivity contribution < 1.29 is 44.9 Å². The summed E-state index contributed by atoms with van der Waals surface area (Å²) < 4.78 is 42.4. The number of para-hydroxylation sites is 5. The van der Waals surface area contributed by atoms with Crippen LogP contribution in [0, 0.1) is 90.0 Å². The van der Waals surface area contributed by atoms with Crippen molar-refractivity contribution in [2.24, 2.45) is 35.2 Å². The monoisotopic (exact) mass is 1570 g/mol. The molecule has 0 radical (unpaired) electrons. The second-order valence-electron chi connectivity index (χ2n) is 33.7. The molecule has 594 valence electrons. The molecule has 0 unspecified atom stereocenters. The topological polar surface area (TPSA) is 85.1 Å². The summed E-state index contributed by atoms with van der Waals surface area (Å²) in [5, 5.41) is 12.0. The largest absolute Gasteiger partial charge is 0.455 e. The first kappa shape index (κ1) is 79.8. The first-order valence-electron chi connectivity index (χ1n) is 41.6. The minimum Gasteiger partial charge on any atom is -0.455 e. The molecule has 20 rings (SSSR count). The fourth-order valence-corrected chi connectivity index (χ4v) is 17.8. The van der Waals surface area contributed by atoms with Crippen LogP contribution >= 0.6 is 0 Å². The molecule has 119 heavy (non-hydrogen) atoms. The van der Waals surface area contributed by atoms with Crippen LogP contribution in [0.4, 0.5) is 0 Å². The van der Waals surface area contributed by atoms with Crippen molar-refractivity contribution in [3.8, 4) is 56.3 Å². The minimum atomic E-state index is 0.497. The van der Waals surface area contributed by atoms with E-state index in [0.29, 0.717) is 11.8 Å². The van der Waals surface area contributed by atoms with Crippen molar-refractivity contribution in [3.63, 3.8) is 0 Å². The van der Waals surface area contributed by atoms with Crippen molar-refractivity contribution in [3.05, 3.63) is 327 Å². The molecule has 0 saturated carbocycles. The third-order valence-electron chi connectivity index (χ3n) is 24.4. The van der Waals surface area contributed by atoms with Crippen LogP contribution in [0.3, 0.4) is 0 Å². The molecule has 10 nitrogen and oxygen atoms in total. The van der Waals surface area contributed by atoms with Crippen molar-refractivity contribution in [1.29, 1.82) is 0 Å². The van der Waals surface area contributed by atoms with Gasteiger partial charge in [0, 0.05) is 113 Å². The van der Waals surface area contributed by atoms with Gasteiger partial charge in [-0.3, -0.25) is 0 Å². The maximum Gasteiger partial charge on any atom is 0.216 e. The number of rotatable bonds is 7. The number of hydrogen-bond donors (Lipinski definition) is 0. The number of fused-ring (bicyclic) bond motifs is 15. The SMILES string of the molecule is Cc1cc(-c2c(C)cc(C)c3c2oc2ccccc23)[n+](C)cc1C.Cc1cc(-c2c(C)ccc3c2oc2ccccc23)[n+](C)cc1C.Cc1cc(C)c2c(oc3ccccc32)c1-c1cc(C(C)C)cc[n+]1C.Cc1ccc(-c2c(C)cc(C)c3c2oc2ccccc23)[n+](C)c1.Cc1ccc2c(oc3ccccc32)c1-c1cc(C(C)C)cc[n+]1C. The third kappa shape index (κ3) is 14.7. The van der Waals surface area contributed by atoms with Gasteiger partial charge in [0.2, 0.25) is 28.5 Å². The van der Waals surface area contributed by atoms with Crippen molar-refractivity contribution in [1.82, 2.24) is 0 Å². The normalized spacial score (nSPS) is 11.6. The smallest absolute Gasteiger partial charge is 0.216 e. The molecule has 0 saturated heterocycles. The molecule has 0 aliphatic carbocycles. The van der Waals surface area contributed by atoms with Gasteiger partial charge in [-0.2, -0.15) is 0 Å².